The Bertz CT molecular complexity index is 604. The maximum absolute atomic E-state index is 12.1. The van der Waals surface area contributed by atoms with Crippen LogP contribution in [-0.4, -0.2) is 30.4 Å². The van der Waals surface area contributed by atoms with Gasteiger partial charge in [0, 0.05) is 6.54 Å². The third-order valence-corrected chi connectivity index (χ3v) is 4.24. The van der Waals surface area contributed by atoms with Crippen molar-refractivity contribution in [3.05, 3.63) is 59.5 Å². The van der Waals surface area contributed by atoms with E-state index in [2.05, 4.69) is 41.4 Å². The van der Waals surface area contributed by atoms with E-state index in [1.54, 1.807) is 12.1 Å². The molecular weight excluding hydrogens is 312 g/mol. The summed E-state index contributed by atoms with van der Waals surface area (Å²) >= 11 is 0. The maximum atomic E-state index is 12.1. The zero-order valence-corrected chi connectivity index (χ0v) is 14.1. The average molecular weight is 335 g/mol. The molecule has 1 aromatic heterocycles. The van der Waals surface area contributed by atoms with Crippen LogP contribution in [0.4, 0.5) is 0 Å². The van der Waals surface area contributed by atoms with E-state index < -0.39 is 0 Å². The second-order valence-corrected chi connectivity index (χ2v) is 5.86. The minimum atomic E-state index is -0.152. The average Bonchev–Trinajstić information content (AvgIpc) is 3.22. The Labute approximate surface area is 143 Å². The predicted octanol–water partition coefficient (Wildman–Crippen LogP) is 3.58. The van der Waals surface area contributed by atoms with E-state index in [0.29, 0.717) is 12.3 Å². The molecule has 5 heteroatoms. The van der Waals surface area contributed by atoms with E-state index in [0.717, 1.165) is 13.1 Å². The molecule has 1 fully saturated rings. The summed E-state index contributed by atoms with van der Waals surface area (Å²) in [5, 5.41) is 3.00. The molecule has 0 spiro atoms. The van der Waals surface area contributed by atoms with Crippen molar-refractivity contribution < 1.29 is 9.21 Å². The van der Waals surface area contributed by atoms with Gasteiger partial charge in [0.25, 0.3) is 5.91 Å². The van der Waals surface area contributed by atoms with Gasteiger partial charge in [0.05, 0.1) is 12.3 Å². The van der Waals surface area contributed by atoms with E-state index in [9.17, 15) is 4.79 Å². The van der Waals surface area contributed by atoms with Gasteiger partial charge >= 0.3 is 0 Å². The number of likely N-dealkylation sites (tertiary alicyclic amines) is 1. The highest BCUT2D eigenvalue weighted by Crippen LogP contribution is 2.25. The van der Waals surface area contributed by atoms with Crippen molar-refractivity contribution in [2.24, 2.45) is 0 Å². The van der Waals surface area contributed by atoms with Gasteiger partial charge in [-0.25, -0.2) is 0 Å². The van der Waals surface area contributed by atoms with Crippen molar-refractivity contribution in [2.75, 3.05) is 19.6 Å². The van der Waals surface area contributed by atoms with Crippen LogP contribution in [0.2, 0.25) is 0 Å². The lowest BCUT2D eigenvalue weighted by molar-refractivity contribution is 0.0910. The number of amides is 1. The third-order valence-electron chi connectivity index (χ3n) is 4.24. The summed E-state index contributed by atoms with van der Waals surface area (Å²) < 4.78 is 5.15. The predicted molar refractivity (Wildman–Crippen MR) is 93.0 cm³/mol. The molecule has 1 aliphatic rings. The second kappa shape index (κ2) is 8.18. The van der Waals surface area contributed by atoms with Gasteiger partial charge in [-0.1, -0.05) is 29.8 Å². The molecule has 1 amide bonds. The molecule has 1 unspecified atom stereocenters. The van der Waals surface area contributed by atoms with Gasteiger partial charge in [-0.15, -0.1) is 12.4 Å². The smallest absolute Gasteiger partial charge is 0.287 e. The summed E-state index contributed by atoms with van der Waals surface area (Å²) in [5.74, 6) is 0.213. The molecule has 2 heterocycles. The molecule has 124 valence electrons. The number of furan rings is 1. The van der Waals surface area contributed by atoms with E-state index in [1.165, 1.54) is 30.2 Å². The number of aryl methyl sites for hydroxylation is 1. The number of nitrogens with one attached hydrogen (secondary N) is 1. The van der Waals surface area contributed by atoms with Crippen molar-refractivity contribution in [2.45, 2.75) is 25.8 Å². The van der Waals surface area contributed by atoms with Gasteiger partial charge in [-0.2, -0.15) is 0 Å². The Balaban J connectivity index is 0.00000192. The number of carbonyl (C=O) groups excluding carboxylic acids is 1. The molecule has 1 aliphatic heterocycles. The van der Waals surface area contributed by atoms with E-state index in [1.807, 2.05) is 0 Å². The van der Waals surface area contributed by atoms with Crippen molar-refractivity contribution in [3.63, 3.8) is 0 Å². The van der Waals surface area contributed by atoms with Gasteiger partial charge in [0.2, 0.25) is 0 Å². The molecule has 2 aromatic rings. The number of nitrogens with zero attached hydrogens (tertiary/aromatic N) is 1. The fraction of sp³-hybridized carbons (Fsp3) is 0.389. The van der Waals surface area contributed by atoms with Gasteiger partial charge < -0.3 is 9.73 Å². The summed E-state index contributed by atoms with van der Waals surface area (Å²) in [5.41, 5.74) is 2.51. The molecule has 1 saturated heterocycles. The highest BCUT2D eigenvalue weighted by molar-refractivity contribution is 5.91. The first-order valence-electron chi connectivity index (χ1n) is 7.86. The first-order valence-corrected chi connectivity index (χ1v) is 7.86. The van der Waals surface area contributed by atoms with Gasteiger partial charge in [-0.05, 0) is 50.6 Å². The van der Waals surface area contributed by atoms with Gasteiger partial charge in [0.15, 0.2) is 5.76 Å². The monoisotopic (exact) mass is 334 g/mol. The van der Waals surface area contributed by atoms with Crippen molar-refractivity contribution in [1.29, 1.82) is 0 Å². The van der Waals surface area contributed by atoms with Crippen LogP contribution in [0.1, 0.15) is 40.6 Å². The lowest BCUT2D eigenvalue weighted by atomic mass is 10.0. The lowest BCUT2D eigenvalue weighted by Gasteiger charge is -2.28. The van der Waals surface area contributed by atoms with Crippen LogP contribution in [0.25, 0.3) is 0 Å². The van der Waals surface area contributed by atoms with Crippen LogP contribution in [0.15, 0.2) is 47.1 Å². The van der Waals surface area contributed by atoms with Crippen LogP contribution in [-0.2, 0) is 0 Å². The molecule has 23 heavy (non-hydrogen) atoms. The first kappa shape index (κ1) is 17.6. The van der Waals surface area contributed by atoms with Crippen LogP contribution in [0, 0.1) is 6.92 Å². The molecular formula is C18H23ClN2O2. The first-order chi connectivity index (χ1) is 10.7. The quantitative estimate of drug-likeness (QED) is 0.909. The molecule has 4 nitrogen and oxygen atoms in total. The number of benzene rings is 1. The van der Waals surface area contributed by atoms with E-state index in [4.69, 9.17) is 4.42 Å². The molecule has 0 saturated carbocycles. The minimum Gasteiger partial charge on any atom is -0.459 e. The van der Waals surface area contributed by atoms with Gasteiger partial charge in [0.1, 0.15) is 0 Å². The Kier molecular flexibility index (Phi) is 6.25. The fourth-order valence-electron chi connectivity index (χ4n) is 2.98. The Morgan fingerprint density at radius 1 is 1.22 bits per heavy atom. The number of hydrogen-bond donors (Lipinski definition) is 1. The Morgan fingerprint density at radius 3 is 2.52 bits per heavy atom. The van der Waals surface area contributed by atoms with Crippen LogP contribution in [0.5, 0.6) is 0 Å². The highest BCUT2D eigenvalue weighted by atomic mass is 35.5. The van der Waals surface area contributed by atoms with Crippen LogP contribution < -0.4 is 5.32 Å². The zero-order valence-electron chi connectivity index (χ0n) is 13.3. The summed E-state index contributed by atoms with van der Waals surface area (Å²) in [6, 6.07) is 12.2. The van der Waals surface area contributed by atoms with E-state index >= 15 is 0 Å². The molecule has 0 aliphatic carbocycles. The second-order valence-electron chi connectivity index (χ2n) is 5.86. The summed E-state index contributed by atoms with van der Waals surface area (Å²) in [7, 11) is 0. The Morgan fingerprint density at radius 2 is 1.91 bits per heavy atom. The topological polar surface area (TPSA) is 45.5 Å². The van der Waals surface area contributed by atoms with Crippen molar-refractivity contribution >= 4 is 18.3 Å². The molecule has 1 N–H and O–H groups in total. The maximum Gasteiger partial charge on any atom is 0.287 e. The normalized spacial score (nSPS) is 15.9. The number of hydrogen-bond acceptors (Lipinski definition) is 3. The third kappa shape index (κ3) is 4.36. The summed E-state index contributed by atoms with van der Waals surface area (Å²) in [4.78, 5) is 14.5. The van der Waals surface area contributed by atoms with Crippen LogP contribution in [0.3, 0.4) is 0 Å². The molecule has 0 radical (unpaired) electrons. The van der Waals surface area contributed by atoms with Crippen LogP contribution >= 0.6 is 12.4 Å². The van der Waals surface area contributed by atoms with Gasteiger partial charge in [-0.3, -0.25) is 9.69 Å². The molecule has 1 atom stereocenters. The number of carbonyl (C=O) groups is 1. The van der Waals surface area contributed by atoms with E-state index in [-0.39, 0.29) is 24.4 Å². The fourth-order valence-corrected chi connectivity index (χ4v) is 2.98. The number of halogens is 1. The lowest BCUT2D eigenvalue weighted by Crippen LogP contribution is -2.36. The molecule has 1 aromatic carbocycles. The standard InChI is InChI=1S/C18H22N2O2.ClH/c1-14-6-8-15(9-7-14)16(20-10-2-3-11-20)13-19-18(21)17-5-4-12-22-17;/h4-9,12,16H,2-3,10-11,13H2,1H3,(H,19,21);1H. The summed E-state index contributed by atoms with van der Waals surface area (Å²) in [6.45, 7) is 4.88. The minimum absolute atomic E-state index is 0. The SMILES string of the molecule is Cc1ccc(C(CNC(=O)c2ccco2)N2CCCC2)cc1.Cl. The largest absolute Gasteiger partial charge is 0.459 e. The molecule has 3 rings (SSSR count). The Hall–Kier alpha value is -1.78. The van der Waals surface area contributed by atoms with Crippen molar-refractivity contribution in [1.82, 2.24) is 10.2 Å². The van der Waals surface area contributed by atoms with Crippen molar-refractivity contribution in [3.8, 4) is 0 Å². The summed E-state index contributed by atoms with van der Waals surface area (Å²) in [6.07, 6.45) is 3.98. The highest BCUT2D eigenvalue weighted by Gasteiger charge is 2.24. The zero-order chi connectivity index (χ0) is 15.4. The number of rotatable bonds is 5. The molecule has 0 bridgehead atoms.